The number of hydrogen-bond acceptors (Lipinski definition) is 4. The molecule has 6 heteroatoms. The van der Waals surface area contributed by atoms with Gasteiger partial charge in [-0.05, 0) is 25.3 Å². The summed E-state index contributed by atoms with van der Waals surface area (Å²) in [5.74, 6) is 0.569. The topological polar surface area (TPSA) is 59.5 Å². The van der Waals surface area contributed by atoms with Crippen LogP contribution in [0.5, 0.6) is 5.88 Å². The van der Waals surface area contributed by atoms with Crippen LogP contribution in [0.3, 0.4) is 0 Å². The Morgan fingerprint density at radius 2 is 1.95 bits per heavy atom. The predicted molar refractivity (Wildman–Crippen MR) is 80.6 cm³/mol. The molecule has 0 bridgehead atoms. The van der Waals surface area contributed by atoms with Crippen LogP contribution in [0, 0.1) is 0 Å². The third kappa shape index (κ3) is 3.37. The van der Waals surface area contributed by atoms with Crippen molar-refractivity contribution in [3.8, 4) is 5.88 Å². The van der Waals surface area contributed by atoms with Crippen molar-refractivity contribution in [3.63, 3.8) is 0 Å². The van der Waals surface area contributed by atoms with Crippen molar-refractivity contribution in [3.05, 3.63) is 24.4 Å². The van der Waals surface area contributed by atoms with Crippen molar-refractivity contribution >= 4 is 10.0 Å². The van der Waals surface area contributed by atoms with Crippen molar-refractivity contribution < 1.29 is 13.2 Å². The van der Waals surface area contributed by atoms with E-state index in [-0.39, 0.29) is 11.4 Å². The van der Waals surface area contributed by atoms with Gasteiger partial charge in [-0.1, -0.05) is 25.3 Å². The number of ether oxygens (including phenoxy) is 1. The molecule has 21 heavy (non-hydrogen) atoms. The lowest BCUT2D eigenvalue weighted by molar-refractivity contribution is 0.206. The lowest BCUT2D eigenvalue weighted by atomic mass is 10.0. The van der Waals surface area contributed by atoms with Crippen LogP contribution in [0.4, 0.5) is 0 Å². The molecule has 1 aliphatic carbocycles. The average molecular weight is 310 g/mol. The summed E-state index contributed by atoms with van der Waals surface area (Å²) in [6, 6.07) is 5.51. The molecule has 5 nitrogen and oxygen atoms in total. The Labute approximate surface area is 126 Å². The Balaban J connectivity index is 1.61. The Morgan fingerprint density at radius 3 is 2.67 bits per heavy atom. The summed E-state index contributed by atoms with van der Waals surface area (Å²) in [7, 11) is -3.15. The van der Waals surface area contributed by atoms with Gasteiger partial charge in [-0.2, -0.15) is 4.31 Å². The molecule has 2 aliphatic rings. The molecule has 1 saturated heterocycles. The highest BCUT2D eigenvalue weighted by atomic mass is 32.2. The molecule has 2 heterocycles. The largest absolute Gasteiger partial charge is 0.473 e. The molecule has 0 spiro atoms. The summed E-state index contributed by atoms with van der Waals surface area (Å²) in [5.41, 5.74) is 0. The second-order valence-electron chi connectivity index (χ2n) is 5.86. The first-order valence-corrected chi connectivity index (χ1v) is 9.23. The van der Waals surface area contributed by atoms with Gasteiger partial charge in [0.25, 0.3) is 0 Å². The van der Waals surface area contributed by atoms with Crippen molar-refractivity contribution in [2.24, 2.45) is 0 Å². The third-order valence-electron chi connectivity index (χ3n) is 4.37. The van der Waals surface area contributed by atoms with Gasteiger partial charge in [0.2, 0.25) is 15.9 Å². The van der Waals surface area contributed by atoms with E-state index in [0.29, 0.717) is 19.0 Å². The number of rotatable bonds is 4. The predicted octanol–water partition coefficient (Wildman–Crippen LogP) is 2.20. The lowest BCUT2D eigenvalue weighted by Gasteiger charge is -2.26. The van der Waals surface area contributed by atoms with Crippen LogP contribution in [0.25, 0.3) is 0 Å². The number of pyridine rings is 1. The fourth-order valence-corrected chi connectivity index (χ4v) is 5.27. The highest BCUT2D eigenvalue weighted by Crippen LogP contribution is 2.28. The maximum absolute atomic E-state index is 12.6. The summed E-state index contributed by atoms with van der Waals surface area (Å²) in [6.07, 6.45) is 7.19. The molecule has 1 aromatic heterocycles. The molecule has 2 fully saturated rings. The second-order valence-corrected chi connectivity index (χ2v) is 8.07. The number of nitrogens with zero attached hydrogens (tertiary/aromatic N) is 2. The van der Waals surface area contributed by atoms with E-state index in [4.69, 9.17) is 4.74 Å². The normalized spacial score (nSPS) is 25.0. The quantitative estimate of drug-likeness (QED) is 0.855. The molecular weight excluding hydrogens is 288 g/mol. The first-order chi connectivity index (χ1) is 10.2. The molecule has 1 atom stereocenters. The smallest absolute Gasteiger partial charge is 0.217 e. The average Bonchev–Trinajstić information content (AvgIpc) is 2.98. The van der Waals surface area contributed by atoms with E-state index >= 15 is 0 Å². The molecule has 1 aliphatic heterocycles. The summed E-state index contributed by atoms with van der Waals surface area (Å²) in [5, 5.41) is -0.181. The van der Waals surface area contributed by atoms with Gasteiger partial charge in [0, 0.05) is 18.8 Å². The van der Waals surface area contributed by atoms with E-state index in [1.54, 1.807) is 16.6 Å². The minimum atomic E-state index is -3.15. The molecule has 3 rings (SSSR count). The van der Waals surface area contributed by atoms with Crippen LogP contribution in [0.15, 0.2) is 24.4 Å². The Hall–Kier alpha value is -1.14. The van der Waals surface area contributed by atoms with Crippen LogP contribution in [0.1, 0.15) is 38.5 Å². The molecule has 116 valence electrons. The van der Waals surface area contributed by atoms with Crippen LogP contribution in [-0.4, -0.2) is 42.2 Å². The minimum Gasteiger partial charge on any atom is -0.473 e. The molecule has 0 N–H and O–H groups in total. The second kappa shape index (κ2) is 6.32. The third-order valence-corrected chi connectivity index (χ3v) is 6.73. The van der Waals surface area contributed by atoms with E-state index in [2.05, 4.69) is 4.98 Å². The summed E-state index contributed by atoms with van der Waals surface area (Å²) in [6.45, 7) is 1.02. The maximum Gasteiger partial charge on any atom is 0.217 e. The van der Waals surface area contributed by atoms with Crippen LogP contribution in [-0.2, 0) is 10.0 Å². The fraction of sp³-hybridized carbons (Fsp3) is 0.667. The number of sulfonamides is 1. The Kier molecular flexibility index (Phi) is 4.45. The summed E-state index contributed by atoms with van der Waals surface area (Å²) < 4.78 is 32.7. The number of hydrogen-bond donors (Lipinski definition) is 0. The summed E-state index contributed by atoms with van der Waals surface area (Å²) >= 11 is 0. The van der Waals surface area contributed by atoms with Crippen LogP contribution in [0.2, 0.25) is 0 Å². The van der Waals surface area contributed by atoms with Crippen molar-refractivity contribution in [1.82, 2.24) is 9.29 Å². The van der Waals surface area contributed by atoms with Crippen LogP contribution < -0.4 is 4.74 Å². The zero-order valence-electron chi connectivity index (χ0n) is 12.1. The SMILES string of the molecule is O=S(=O)(C1CCCCC1)N1CCC(Oc2ccccn2)C1. The Bertz CT molecular complexity index is 556. The standard InChI is InChI=1S/C15H22N2O3S/c18-21(19,14-6-2-1-3-7-14)17-11-9-13(12-17)20-15-8-4-5-10-16-15/h4-5,8,10,13-14H,1-3,6-7,9,11-12H2. The van der Waals surface area contributed by atoms with Crippen molar-refractivity contribution in [2.45, 2.75) is 49.9 Å². The highest BCUT2D eigenvalue weighted by molar-refractivity contribution is 7.89. The van der Waals surface area contributed by atoms with Crippen molar-refractivity contribution in [1.29, 1.82) is 0 Å². The molecule has 1 saturated carbocycles. The summed E-state index contributed by atoms with van der Waals surface area (Å²) in [4.78, 5) is 4.13. The first kappa shape index (κ1) is 14.8. The zero-order chi connectivity index (χ0) is 14.7. The molecule has 0 aromatic carbocycles. The van der Waals surface area contributed by atoms with E-state index in [9.17, 15) is 8.42 Å². The van der Waals surface area contributed by atoms with E-state index in [1.165, 1.54) is 0 Å². The van der Waals surface area contributed by atoms with E-state index in [1.807, 2.05) is 12.1 Å². The molecule has 1 unspecified atom stereocenters. The van der Waals surface area contributed by atoms with Gasteiger partial charge in [-0.25, -0.2) is 13.4 Å². The minimum absolute atomic E-state index is 0.0849. The van der Waals surface area contributed by atoms with Gasteiger partial charge in [-0.3, -0.25) is 0 Å². The van der Waals surface area contributed by atoms with E-state index in [0.717, 1.165) is 38.5 Å². The first-order valence-electron chi connectivity index (χ1n) is 7.73. The van der Waals surface area contributed by atoms with Crippen LogP contribution >= 0.6 is 0 Å². The lowest BCUT2D eigenvalue weighted by Crippen LogP contribution is -2.39. The molecule has 1 aromatic rings. The molecule has 0 radical (unpaired) electrons. The van der Waals surface area contributed by atoms with Gasteiger partial charge in [0.05, 0.1) is 11.8 Å². The van der Waals surface area contributed by atoms with Gasteiger partial charge in [0.1, 0.15) is 6.10 Å². The Morgan fingerprint density at radius 1 is 1.14 bits per heavy atom. The monoisotopic (exact) mass is 310 g/mol. The number of aromatic nitrogens is 1. The molecular formula is C15H22N2O3S. The van der Waals surface area contributed by atoms with Gasteiger partial charge >= 0.3 is 0 Å². The highest BCUT2D eigenvalue weighted by Gasteiger charge is 2.38. The zero-order valence-corrected chi connectivity index (χ0v) is 13.0. The van der Waals surface area contributed by atoms with E-state index < -0.39 is 10.0 Å². The van der Waals surface area contributed by atoms with Gasteiger partial charge in [-0.15, -0.1) is 0 Å². The van der Waals surface area contributed by atoms with Gasteiger partial charge < -0.3 is 4.74 Å². The van der Waals surface area contributed by atoms with Crippen molar-refractivity contribution in [2.75, 3.05) is 13.1 Å². The molecule has 0 amide bonds. The maximum atomic E-state index is 12.6. The van der Waals surface area contributed by atoms with Gasteiger partial charge in [0.15, 0.2) is 0 Å². The fourth-order valence-electron chi connectivity index (χ4n) is 3.19.